The first kappa shape index (κ1) is 20.3. The van der Waals surface area contributed by atoms with E-state index in [2.05, 4.69) is 31.6 Å². The summed E-state index contributed by atoms with van der Waals surface area (Å²) in [4.78, 5) is 24.5. The van der Waals surface area contributed by atoms with Gasteiger partial charge >= 0.3 is 0 Å². The molecule has 0 spiro atoms. The molecular formula is C21H19N5O2S3. The maximum absolute atomic E-state index is 12.9. The highest BCUT2D eigenvalue weighted by atomic mass is 32.2. The van der Waals surface area contributed by atoms with E-state index in [4.69, 9.17) is 4.42 Å². The molecule has 0 N–H and O–H groups in total. The molecule has 0 aliphatic carbocycles. The predicted molar refractivity (Wildman–Crippen MR) is 124 cm³/mol. The van der Waals surface area contributed by atoms with Crippen LogP contribution in [-0.4, -0.2) is 38.4 Å². The Hall–Kier alpha value is -2.56. The summed E-state index contributed by atoms with van der Waals surface area (Å²) in [6.45, 7) is 6.56. The van der Waals surface area contributed by atoms with Gasteiger partial charge in [-0.05, 0) is 44.9 Å². The van der Waals surface area contributed by atoms with Crippen molar-refractivity contribution in [2.45, 2.75) is 32.4 Å². The van der Waals surface area contributed by atoms with Gasteiger partial charge in [-0.25, -0.2) is 9.97 Å². The quantitative estimate of drug-likeness (QED) is 0.383. The first-order valence-electron chi connectivity index (χ1n) is 9.74. The standard InChI is InChI=1S/C21H19N5O2S3/c1-11-19(31-13(3)22-11)20-24-25-21(28-20)30-10-18(27)26-7-6-15-8-14(4-5-17(15)26)16-9-29-12(2)23-16/h4-5,8-9H,6-7,10H2,1-3H3. The van der Waals surface area contributed by atoms with E-state index in [0.29, 0.717) is 17.7 Å². The summed E-state index contributed by atoms with van der Waals surface area (Å²) in [5.41, 5.74) is 5.11. The SMILES string of the molecule is Cc1nc(-c2ccc3c(c2)CCN3C(=O)CSc2nnc(-c3sc(C)nc3C)o2)cs1. The lowest BCUT2D eigenvalue weighted by Gasteiger charge is -2.16. The minimum Gasteiger partial charge on any atom is -0.410 e. The molecule has 1 aromatic carbocycles. The number of fused-ring (bicyclic) bond motifs is 1. The number of thiazole rings is 2. The fourth-order valence-electron chi connectivity index (χ4n) is 3.61. The van der Waals surface area contributed by atoms with Crippen molar-refractivity contribution in [3.8, 4) is 22.0 Å². The Morgan fingerprint density at radius 2 is 2.06 bits per heavy atom. The number of amides is 1. The average Bonchev–Trinajstić information content (AvgIpc) is 3.52. The molecule has 7 nitrogen and oxygen atoms in total. The topological polar surface area (TPSA) is 85.0 Å². The second-order valence-corrected chi connectivity index (χ2v) is 10.4. The van der Waals surface area contributed by atoms with Crippen LogP contribution in [0.2, 0.25) is 0 Å². The number of benzene rings is 1. The summed E-state index contributed by atoms with van der Waals surface area (Å²) >= 11 is 4.43. The fraction of sp³-hybridized carbons (Fsp3) is 0.286. The molecule has 10 heteroatoms. The molecule has 0 bridgehead atoms. The zero-order valence-electron chi connectivity index (χ0n) is 17.2. The number of thioether (sulfide) groups is 1. The third-order valence-corrected chi connectivity index (χ3v) is 7.65. The molecule has 1 amide bonds. The van der Waals surface area contributed by atoms with Crippen LogP contribution in [0.5, 0.6) is 0 Å². The monoisotopic (exact) mass is 469 g/mol. The van der Waals surface area contributed by atoms with E-state index in [1.165, 1.54) is 28.7 Å². The Morgan fingerprint density at radius 1 is 1.19 bits per heavy atom. The maximum atomic E-state index is 12.9. The molecule has 1 aliphatic rings. The molecule has 4 aromatic rings. The highest BCUT2D eigenvalue weighted by Crippen LogP contribution is 2.34. The number of carbonyl (C=O) groups is 1. The summed E-state index contributed by atoms with van der Waals surface area (Å²) in [5.74, 6) is 0.731. The predicted octanol–water partition coefficient (Wildman–Crippen LogP) is 4.92. The van der Waals surface area contributed by atoms with Crippen molar-refractivity contribution in [3.05, 3.63) is 44.9 Å². The number of anilines is 1. The lowest BCUT2D eigenvalue weighted by molar-refractivity contribution is -0.116. The number of hydrogen-bond acceptors (Lipinski definition) is 9. The maximum Gasteiger partial charge on any atom is 0.277 e. The summed E-state index contributed by atoms with van der Waals surface area (Å²) < 4.78 is 5.75. The second kappa shape index (κ2) is 8.18. The van der Waals surface area contributed by atoms with Crippen molar-refractivity contribution in [1.29, 1.82) is 0 Å². The third-order valence-electron chi connectivity index (χ3n) is 5.01. The lowest BCUT2D eigenvalue weighted by atomic mass is 10.1. The molecule has 4 heterocycles. The van der Waals surface area contributed by atoms with Crippen LogP contribution in [0.4, 0.5) is 5.69 Å². The molecule has 1 aliphatic heterocycles. The summed E-state index contributed by atoms with van der Waals surface area (Å²) in [7, 11) is 0. The van der Waals surface area contributed by atoms with Crippen molar-refractivity contribution in [3.63, 3.8) is 0 Å². The second-order valence-electron chi connectivity index (χ2n) is 7.20. The molecule has 0 atom stereocenters. The van der Waals surface area contributed by atoms with E-state index in [-0.39, 0.29) is 11.7 Å². The molecule has 0 saturated carbocycles. The molecule has 0 saturated heterocycles. The van der Waals surface area contributed by atoms with E-state index in [1.54, 1.807) is 11.3 Å². The summed E-state index contributed by atoms with van der Waals surface area (Å²) in [6, 6.07) is 6.21. The first-order chi connectivity index (χ1) is 15.0. The first-order valence-corrected chi connectivity index (χ1v) is 12.4. The van der Waals surface area contributed by atoms with Gasteiger partial charge < -0.3 is 9.32 Å². The van der Waals surface area contributed by atoms with Crippen LogP contribution >= 0.6 is 34.4 Å². The highest BCUT2D eigenvalue weighted by Gasteiger charge is 2.26. The average molecular weight is 470 g/mol. The van der Waals surface area contributed by atoms with Gasteiger partial charge in [0.1, 0.15) is 4.88 Å². The van der Waals surface area contributed by atoms with Gasteiger partial charge in [-0.3, -0.25) is 4.79 Å². The molecular weight excluding hydrogens is 450 g/mol. The Morgan fingerprint density at radius 3 is 2.81 bits per heavy atom. The third kappa shape index (κ3) is 4.02. The van der Waals surface area contributed by atoms with Crippen LogP contribution in [0, 0.1) is 20.8 Å². The minimum absolute atomic E-state index is 0.0329. The minimum atomic E-state index is 0.0329. The molecule has 0 radical (unpaired) electrons. The largest absolute Gasteiger partial charge is 0.410 e. The number of rotatable bonds is 5. The van der Waals surface area contributed by atoms with Gasteiger partial charge in [0.25, 0.3) is 11.1 Å². The molecule has 158 valence electrons. The van der Waals surface area contributed by atoms with Gasteiger partial charge in [-0.1, -0.05) is 17.8 Å². The molecule has 5 rings (SSSR count). The van der Waals surface area contributed by atoms with Crippen molar-refractivity contribution in [1.82, 2.24) is 20.2 Å². The van der Waals surface area contributed by atoms with Crippen molar-refractivity contribution in [2.75, 3.05) is 17.2 Å². The van der Waals surface area contributed by atoms with Gasteiger partial charge in [0.05, 0.1) is 27.2 Å². The Kier molecular flexibility index (Phi) is 5.37. The van der Waals surface area contributed by atoms with Gasteiger partial charge in [0.2, 0.25) is 5.91 Å². The van der Waals surface area contributed by atoms with Crippen LogP contribution < -0.4 is 4.90 Å². The summed E-state index contributed by atoms with van der Waals surface area (Å²) in [5, 5.41) is 12.7. The van der Waals surface area contributed by atoms with Crippen LogP contribution in [0.1, 0.15) is 21.3 Å². The Labute approximate surface area is 191 Å². The fourth-order valence-corrected chi connectivity index (χ4v) is 5.71. The number of aromatic nitrogens is 4. The van der Waals surface area contributed by atoms with Gasteiger partial charge in [0, 0.05) is 23.2 Å². The smallest absolute Gasteiger partial charge is 0.277 e. The normalized spacial score (nSPS) is 13.1. The number of nitrogens with zero attached hydrogens (tertiary/aromatic N) is 5. The molecule has 31 heavy (non-hydrogen) atoms. The molecule has 0 unspecified atom stereocenters. The Bertz CT molecular complexity index is 1280. The van der Waals surface area contributed by atoms with E-state index in [1.807, 2.05) is 37.8 Å². The van der Waals surface area contributed by atoms with E-state index < -0.39 is 0 Å². The number of carbonyl (C=O) groups excluding carboxylic acids is 1. The number of hydrogen-bond donors (Lipinski definition) is 0. The van der Waals surface area contributed by atoms with Crippen molar-refractivity contribution >= 4 is 46.0 Å². The highest BCUT2D eigenvalue weighted by molar-refractivity contribution is 7.99. The molecule has 3 aromatic heterocycles. The van der Waals surface area contributed by atoms with E-state index in [9.17, 15) is 4.79 Å². The summed E-state index contributed by atoms with van der Waals surface area (Å²) in [6.07, 6.45) is 0.845. The number of aryl methyl sites for hydroxylation is 3. The van der Waals surface area contributed by atoms with E-state index in [0.717, 1.165) is 44.0 Å². The zero-order valence-corrected chi connectivity index (χ0v) is 19.7. The Balaban J connectivity index is 1.26. The van der Waals surface area contributed by atoms with Crippen LogP contribution in [0.25, 0.3) is 22.0 Å². The van der Waals surface area contributed by atoms with Crippen molar-refractivity contribution < 1.29 is 9.21 Å². The van der Waals surface area contributed by atoms with Crippen LogP contribution in [-0.2, 0) is 11.2 Å². The zero-order chi connectivity index (χ0) is 21.5. The van der Waals surface area contributed by atoms with E-state index >= 15 is 0 Å². The van der Waals surface area contributed by atoms with Gasteiger partial charge in [-0.15, -0.1) is 32.9 Å². The van der Waals surface area contributed by atoms with Crippen LogP contribution in [0.3, 0.4) is 0 Å². The van der Waals surface area contributed by atoms with Gasteiger partial charge in [0.15, 0.2) is 0 Å². The van der Waals surface area contributed by atoms with Crippen molar-refractivity contribution in [2.24, 2.45) is 0 Å². The van der Waals surface area contributed by atoms with Crippen LogP contribution in [0.15, 0.2) is 33.2 Å². The van der Waals surface area contributed by atoms with Gasteiger partial charge in [-0.2, -0.15) is 0 Å². The lowest BCUT2D eigenvalue weighted by Crippen LogP contribution is -2.30. The molecule has 0 fully saturated rings.